The molecule has 0 fully saturated rings. The van der Waals surface area contributed by atoms with Crippen LogP contribution in [0.1, 0.15) is 51.2 Å². The molecular formula is C44H39N3. The Hall–Kier alpha value is -5.15. The minimum absolute atomic E-state index is 0.148. The van der Waals surface area contributed by atoms with Gasteiger partial charge >= 0.3 is 0 Å². The number of aromatic nitrogens is 3. The highest BCUT2D eigenvalue weighted by atomic mass is 15.0. The average Bonchev–Trinajstić information content (AvgIpc) is 3.40. The molecule has 230 valence electrons. The van der Waals surface area contributed by atoms with Crippen LogP contribution in [0.3, 0.4) is 0 Å². The van der Waals surface area contributed by atoms with Crippen molar-refractivity contribution >= 4 is 0 Å². The second-order valence-corrected chi connectivity index (χ2v) is 13.4. The van der Waals surface area contributed by atoms with E-state index in [1.807, 2.05) is 36.4 Å². The first kappa shape index (κ1) is 29.3. The Morgan fingerprint density at radius 2 is 1.13 bits per heavy atom. The van der Waals surface area contributed by atoms with Gasteiger partial charge in [-0.2, -0.15) is 0 Å². The zero-order chi connectivity index (χ0) is 32.0. The van der Waals surface area contributed by atoms with E-state index in [-0.39, 0.29) is 5.41 Å². The van der Waals surface area contributed by atoms with Crippen molar-refractivity contribution < 1.29 is 0 Å². The topological polar surface area (TPSA) is 38.7 Å². The van der Waals surface area contributed by atoms with Crippen LogP contribution in [0.15, 0.2) is 139 Å². The normalized spacial score (nSPS) is 19.9. The van der Waals surface area contributed by atoms with Crippen LogP contribution in [-0.4, -0.2) is 15.0 Å². The summed E-state index contributed by atoms with van der Waals surface area (Å²) in [6, 6.07) is 45.1. The fraction of sp³-hybridized carbons (Fsp3) is 0.205. The first-order valence-electron chi connectivity index (χ1n) is 16.9. The molecule has 3 atom stereocenters. The van der Waals surface area contributed by atoms with Gasteiger partial charge in [-0.3, -0.25) is 0 Å². The van der Waals surface area contributed by atoms with Crippen molar-refractivity contribution in [2.24, 2.45) is 11.8 Å². The number of benzene rings is 5. The van der Waals surface area contributed by atoms with Gasteiger partial charge in [-0.05, 0) is 77.1 Å². The van der Waals surface area contributed by atoms with E-state index in [1.54, 1.807) is 5.57 Å². The lowest BCUT2D eigenvalue weighted by Gasteiger charge is -2.37. The number of nitrogens with zero attached hydrogens (tertiary/aromatic N) is 3. The van der Waals surface area contributed by atoms with Crippen molar-refractivity contribution in [3.05, 3.63) is 150 Å². The molecule has 0 saturated heterocycles. The van der Waals surface area contributed by atoms with Crippen LogP contribution in [0.2, 0.25) is 0 Å². The van der Waals surface area contributed by atoms with Gasteiger partial charge in [-0.1, -0.05) is 147 Å². The van der Waals surface area contributed by atoms with Gasteiger partial charge in [-0.25, -0.2) is 15.0 Å². The Balaban J connectivity index is 1.24. The highest BCUT2D eigenvalue weighted by Gasteiger charge is 2.43. The lowest BCUT2D eigenvalue weighted by Crippen LogP contribution is -2.28. The second-order valence-electron chi connectivity index (χ2n) is 13.4. The molecule has 3 nitrogen and oxygen atoms in total. The zero-order valence-corrected chi connectivity index (χ0v) is 27.3. The van der Waals surface area contributed by atoms with Crippen LogP contribution in [0.25, 0.3) is 56.4 Å². The molecule has 3 unspecified atom stereocenters. The SMILES string of the molecule is CCC1CC(C2(C)c3ccccc3-c3ccc(-c4cccc(-c5nc(-c6ccccc6)nc(-c6ccccc6)n5)c4)cc32)=CC(C)C1. The summed E-state index contributed by atoms with van der Waals surface area (Å²) < 4.78 is 0. The molecule has 2 aliphatic rings. The molecule has 0 bridgehead atoms. The molecule has 47 heavy (non-hydrogen) atoms. The van der Waals surface area contributed by atoms with Crippen molar-refractivity contribution in [3.8, 4) is 56.4 Å². The number of hydrogen-bond donors (Lipinski definition) is 0. The number of hydrogen-bond acceptors (Lipinski definition) is 3. The largest absolute Gasteiger partial charge is 0.208 e. The minimum atomic E-state index is -0.148. The Kier molecular flexibility index (Phi) is 7.41. The smallest absolute Gasteiger partial charge is 0.164 e. The lowest BCUT2D eigenvalue weighted by molar-refractivity contribution is 0.373. The molecule has 1 aromatic heterocycles. The molecule has 2 aliphatic carbocycles. The summed E-state index contributed by atoms with van der Waals surface area (Å²) in [6.45, 7) is 7.21. The van der Waals surface area contributed by atoms with Gasteiger partial charge in [-0.15, -0.1) is 0 Å². The molecule has 0 amide bonds. The van der Waals surface area contributed by atoms with E-state index in [9.17, 15) is 0 Å². The van der Waals surface area contributed by atoms with E-state index in [0.29, 0.717) is 23.4 Å². The monoisotopic (exact) mass is 609 g/mol. The van der Waals surface area contributed by atoms with Gasteiger partial charge in [0.15, 0.2) is 17.5 Å². The maximum absolute atomic E-state index is 5.00. The quantitative estimate of drug-likeness (QED) is 0.176. The average molecular weight is 610 g/mol. The molecule has 0 aliphatic heterocycles. The summed E-state index contributed by atoms with van der Waals surface area (Å²) in [7, 11) is 0. The van der Waals surface area contributed by atoms with E-state index >= 15 is 0 Å². The highest BCUT2D eigenvalue weighted by molar-refractivity contribution is 5.86. The first-order chi connectivity index (χ1) is 23.0. The predicted molar refractivity (Wildman–Crippen MR) is 194 cm³/mol. The zero-order valence-electron chi connectivity index (χ0n) is 27.3. The van der Waals surface area contributed by atoms with Gasteiger partial charge in [0.2, 0.25) is 0 Å². The number of rotatable bonds is 6. The summed E-state index contributed by atoms with van der Waals surface area (Å²) in [5, 5.41) is 0. The summed E-state index contributed by atoms with van der Waals surface area (Å²) in [5.41, 5.74) is 12.3. The van der Waals surface area contributed by atoms with Crippen LogP contribution < -0.4 is 0 Å². The molecule has 3 heteroatoms. The third-order valence-electron chi connectivity index (χ3n) is 10.4. The van der Waals surface area contributed by atoms with Gasteiger partial charge in [0, 0.05) is 22.1 Å². The lowest BCUT2D eigenvalue weighted by atomic mass is 9.66. The fourth-order valence-electron chi connectivity index (χ4n) is 7.87. The summed E-state index contributed by atoms with van der Waals surface area (Å²) in [5.74, 6) is 3.35. The highest BCUT2D eigenvalue weighted by Crippen LogP contribution is 2.56. The molecule has 0 N–H and O–H groups in total. The number of allylic oxidation sites excluding steroid dienone is 2. The molecule has 6 aromatic rings. The fourth-order valence-corrected chi connectivity index (χ4v) is 7.87. The second kappa shape index (κ2) is 11.9. The van der Waals surface area contributed by atoms with Crippen LogP contribution >= 0.6 is 0 Å². The molecule has 5 aromatic carbocycles. The van der Waals surface area contributed by atoms with E-state index in [4.69, 9.17) is 15.0 Å². The van der Waals surface area contributed by atoms with Crippen LogP contribution in [0.4, 0.5) is 0 Å². The Bertz CT molecular complexity index is 2060. The Morgan fingerprint density at radius 3 is 1.81 bits per heavy atom. The summed E-state index contributed by atoms with van der Waals surface area (Å²) in [4.78, 5) is 14.9. The van der Waals surface area contributed by atoms with Crippen LogP contribution in [0, 0.1) is 11.8 Å². The maximum atomic E-state index is 5.00. The maximum Gasteiger partial charge on any atom is 0.164 e. The van der Waals surface area contributed by atoms with Crippen molar-refractivity contribution in [1.29, 1.82) is 0 Å². The minimum Gasteiger partial charge on any atom is -0.208 e. The van der Waals surface area contributed by atoms with E-state index in [2.05, 4.69) is 118 Å². The molecule has 8 rings (SSSR count). The van der Waals surface area contributed by atoms with Crippen molar-refractivity contribution in [3.63, 3.8) is 0 Å². The van der Waals surface area contributed by atoms with Crippen LogP contribution in [-0.2, 0) is 5.41 Å². The molecular weight excluding hydrogens is 571 g/mol. The molecule has 0 radical (unpaired) electrons. The van der Waals surface area contributed by atoms with Crippen molar-refractivity contribution in [2.45, 2.75) is 45.4 Å². The summed E-state index contributed by atoms with van der Waals surface area (Å²) >= 11 is 0. The Labute approximate surface area is 278 Å². The molecule has 0 saturated carbocycles. The van der Waals surface area contributed by atoms with Gasteiger partial charge in [0.05, 0.1) is 0 Å². The predicted octanol–water partition coefficient (Wildman–Crippen LogP) is 11.2. The first-order valence-corrected chi connectivity index (χ1v) is 16.9. The summed E-state index contributed by atoms with van der Waals surface area (Å²) in [6.07, 6.45) is 6.26. The molecule has 1 heterocycles. The van der Waals surface area contributed by atoms with E-state index in [0.717, 1.165) is 34.6 Å². The molecule has 0 spiro atoms. The van der Waals surface area contributed by atoms with E-state index in [1.165, 1.54) is 40.7 Å². The van der Waals surface area contributed by atoms with Crippen LogP contribution in [0.5, 0.6) is 0 Å². The third kappa shape index (κ3) is 5.20. The standard InChI is InChI=1S/C44H39N3/c1-4-30-24-29(2)25-36(26-30)44(3)39-21-12-11-20-37(39)38-23-22-34(28-40(38)44)33-18-13-19-35(27-33)43-46-41(31-14-7-5-8-15-31)45-42(47-43)32-16-9-6-10-17-32/h5-23,25,27-30H,4,24,26H2,1-3H3. The third-order valence-corrected chi connectivity index (χ3v) is 10.4. The van der Waals surface area contributed by atoms with Gasteiger partial charge in [0.1, 0.15) is 0 Å². The van der Waals surface area contributed by atoms with Crippen molar-refractivity contribution in [1.82, 2.24) is 15.0 Å². The Morgan fingerprint density at radius 1 is 0.574 bits per heavy atom. The van der Waals surface area contributed by atoms with Gasteiger partial charge in [0.25, 0.3) is 0 Å². The van der Waals surface area contributed by atoms with E-state index < -0.39 is 0 Å². The van der Waals surface area contributed by atoms with Crippen molar-refractivity contribution in [2.75, 3.05) is 0 Å². The number of fused-ring (bicyclic) bond motifs is 3. The van der Waals surface area contributed by atoms with Gasteiger partial charge < -0.3 is 0 Å².